The summed E-state index contributed by atoms with van der Waals surface area (Å²) < 4.78 is 0. The normalized spacial score (nSPS) is 12.1. The van der Waals surface area contributed by atoms with Gasteiger partial charge in [0.2, 0.25) is 0 Å². The first-order valence-corrected chi connectivity index (χ1v) is 7.43. The largest absolute Gasteiger partial charge is 0.395 e. The van der Waals surface area contributed by atoms with E-state index in [9.17, 15) is 10.2 Å². The summed E-state index contributed by atoms with van der Waals surface area (Å²) in [4.78, 5) is 2.11. The Balaban J connectivity index is 2.30. The minimum absolute atomic E-state index is 0.0867. The highest BCUT2D eigenvalue weighted by Gasteiger charge is 2.15. The van der Waals surface area contributed by atoms with Gasteiger partial charge in [0.1, 0.15) is 0 Å². The molecule has 2 aromatic rings. The highest BCUT2D eigenvalue weighted by atomic mass is 16.3. The fourth-order valence-corrected chi connectivity index (χ4v) is 2.49. The van der Waals surface area contributed by atoms with Crippen molar-refractivity contribution in [3.63, 3.8) is 0 Å². The van der Waals surface area contributed by atoms with Gasteiger partial charge in [0.15, 0.2) is 0 Å². The fraction of sp³-hybridized carbons (Fsp3) is 0.333. The molecule has 0 aliphatic carbocycles. The smallest absolute Gasteiger partial charge is 0.0807 e. The van der Waals surface area contributed by atoms with Gasteiger partial charge in [-0.2, -0.15) is 0 Å². The lowest BCUT2D eigenvalue weighted by Gasteiger charge is -2.28. The predicted molar refractivity (Wildman–Crippen MR) is 86.3 cm³/mol. The average molecular weight is 285 g/mol. The zero-order valence-corrected chi connectivity index (χ0v) is 12.4. The molecule has 2 N–H and O–H groups in total. The molecule has 0 heterocycles. The van der Waals surface area contributed by atoms with Gasteiger partial charge in [-0.05, 0) is 18.1 Å². The van der Waals surface area contributed by atoms with Gasteiger partial charge in [0.25, 0.3) is 0 Å². The summed E-state index contributed by atoms with van der Waals surface area (Å²) in [5.41, 5.74) is 3.10. The molecule has 0 saturated heterocycles. The van der Waals surface area contributed by atoms with Gasteiger partial charge in [-0.25, -0.2) is 0 Å². The van der Waals surface area contributed by atoms with E-state index in [4.69, 9.17) is 0 Å². The van der Waals surface area contributed by atoms with Crippen molar-refractivity contribution in [2.75, 3.05) is 18.1 Å². The Hall–Kier alpha value is -1.84. The maximum absolute atomic E-state index is 10.2. The Bertz CT molecular complexity index is 542. The summed E-state index contributed by atoms with van der Waals surface area (Å²) in [5, 5.41) is 19.6. The number of para-hydroxylation sites is 1. The van der Waals surface area contributed by atoms with Gasteiger partial charge in [-0.1, -0.05) is 55.5 Å². The zero-order valence-electron chi connectivity index (χ0n) is 12.4. The monoisotopic (exact) mass is 285 g/mol. The number of aliphatic hydroxyl groups excluding tert-OH is 2. The molecule has 0 radical (unpaired) electrons. The van der Waals surface area contributed by atoms with Crippen molar-refractivity contribution in [2.45, 2.75) is 26.0 Å². The summed E-state index contributed by atoms with van der Waals surface area (Å²) in [6, 6.07) is 18.0. The van der Waals surface area contributed by atoms with E-state index in [1.54, 1.807) is 0 Å². The third-order valence-corrected chi connectivity index (χ3v) is 3.61. The van der Waals surface area contributed by atoms with Crippen LogP contribution in [0.25, 0.3) is 0 Å². The van der Waals surface area contributed by atoms with Crippen LogP contribution in [0.15, 0.2) is 54.6 Å². The van der Waals surface area contributed by atoms with E-state index in [1.165, 1.54) is 5.56 Å². The van der Waals surface area contributed by atoms with Crippen molar-refractivity contribution < 1.29 is 10.2 Å². The molecule has 0 aliphatic heterocycles. The Morgan fingerprint density at radius 1 is 1.00 bits per heavy atom. The first kappa shape index (κ1) is 15.5. The van der Waals surface area contributed by atoms with Crippen molar-refractivity contribution in [1.82, 2.24) is 0 Å². The van der Waals surface area contributed by atoms with Crippen LogP contribution in [-0.2, 0) is 6.54 Å². The molecular weight excluding hydrogens is 262 g/mol. The number of aliphatic hydroxyl groups is 2. The minimum Gasteiger partial charge on any atom is -0.395 e. The quantitative estimate of drug-likeness (QED) is 0.821. The summed E-state index contributed by atoms with van der Waals surface area (Å²) in [5.74, 6) is 0. The summed E-state index contributed by atoms with van der Waals surface area (Å²) in [7, 11) is 0. The lowest BCUT2D eigenvalue weighted by molar-refractivity contribution is 0.174. The van der Waals surface area contributed by atoms with E-state index in [-0.39, 0.29) is 6.61 Å². The summed E-state index contributed by atoms with van der Waals surface area (Å²) in [6.07, 6.45) is 0.202. The third kappa shape index (κ3) is 4.06. The number of anilines is 1. The van der Waals surface area contributed by atoms with Crippen LogP contribution in [0.4, 0.5) is 5.69 Å². The summed E-state index contributed by atoms with van der Waals surface area (Å²) >= 11 is 0. The molecular formula is C18H23NO2. The number of rotatable bonds is 7. The minimum atomic E-state index is -0.474. The highest BCUT2D eigenvalue weighted by Crippen LogP contribution is 2.29. The molecule has 0 saturated carbocycles. The molecule has 1 atom stereocenters. The van der Waals surface area contributed by atoms with Crippen molar-refractivity contribution in [3.8, 4) is 0 Å². The van der Waals surface area contributed by atoms with Crippen LogP contribution in [0.5, 0.6) is 0 Å². The molecule has 0 unspecified atom stereocenters. The second-order valence-electron chi connectivity index (χ2n) is 5.11. The first-order chi connectivity index (χ1) is 10.3. The van der Waals surface area contributed by atoms with Gasteiger partial charge in [0.05, 0.1) is 12.7 Å². The van der Waals surface area contributed by atoms with Crippen LogP contribution < -0.4 is 4.90 Å². The Kier molecular flexibility index (Phi) is 5.78. The highest BCUT2D eigenvalue weighted by molar-refractivity contribution is 5.55. The van der Waals surface area contributed by atoms with Gasteiger partial charge in [-0.15, -0.1) is 0 Å². The third-order valence-electron chi connectivity index (χ3n) is 3.61. The fourth-order valence-electron chi connectivity index (χ4n) is 2.49. The van der Waals surface area contributed by atoms with Crippen LogP contribution in [0.1, 0.15) is 30.6 Å². The number of nitrogens with zero attached hydrogens (tertiary/aromatic N) is 1. The second-order valence-corrected chi connectivity index (χ2v) is 5.11. The zero-order chi connectivity index (χ0) is 15.1. The van der Waals surface area contributed by atoms with Crippen molar-refractivity contribution in [3.05, 3.63) is 65.7 Å². The number of benzene rings is 2. The van der Waals surface area contributed by atoms with Crippen molar-refractivity contribution in [2.24, 2.45) is 0 Å². The number of hydrogen-bond donors (Lipinski definition) is 2. The molecule has 0 spiro atoms. The molecule has 0 fully saturated rings. The Morgan fingerprint density at radius 2 is 1.67 bits per heavy atom. The SMILES string of the molecule is CC[C@H](O)c1ccccc1N(CCO)Cc1ccccc1. The Labute approximate surface area is 126 Å². The maximum atomic E-state index is 10.2. The van der Waals surface area contributed by atoms with Crippen LogP contribution in [0.2, 0.25) is 0 Å². The van der Waals surface area contributed by atoms with Gasteiger partial charge in [-0.3, -0.25) is 0 Å². The van der Waals surface area contributed by atoms with Crippen LogP contribution in [0.3, 0.4) is 0 Å². The lowest BCUT2D eigenvalue weighted by Crippen LogP contribution is -2.27. The van der Waals surface area contributed by atoms with E-state index in [2.05, 4.69) is 17.0 Å². The second kappa shape index (κ2) is 7.81. The Morgan fingerprint density at radius 3 is 2.33 bits per heavy atom. The lowest BCUT2D eigenvalue weighted by atomic mass is 10.0. The summed E-state index contributed by atoms with van der Waals surface area (Å²) in [6.45, 7) is 3.32. The standard InChI is InChI=1S/C18H23NO2/c1-2-18(21)16-10-6-7-11-17(16)19(12-13-20)14-15-8-4-3-5-9-15/h3-11,18,20-21H,2,12-14H2,1H3/t18-/m0/s1. The topological polar surface area (TPSA) is 43.7 Å². The van der Waals surface area contributed by atoms with Crippen LogP contribution >= 0.6 is 0 Å². The van der Waals surface area contributed by atoms with E-state index in [1.807, 2.05) is 49.4 Å². The molecule has 3 nitrogen and oxygen atoms in total. The van der Waals surface area contributed by atoms with Crippen LogP contribution in [0, 0.1) is 0 Å². The number of hydrogen-bond acceptors (Lipinski definition) is 3. The predicted octanol–water partition coefficient (Wildman–Crippen LogP) is 3.13. The van der Waals surface area contributed by atoms with E-state index in [0.717, 1.165) is 17.8 Å². The molecule has 0 bridgehead atoms. The average Bonchev–Trinajstić information content (AvgIpc) is 2.55. The van der Waals surface area contributed by atoms with Gasteiger partial charge in [0, 0.05) is 24.3 Å². The maximum Gasteiger partial charge on any atom is 0.0807 e. The van der Waals surface area contributed by atoms with Crippen molar-refractivity contribution >= 4 is 5.69 Å². The first-order valence-electron chi connectivity index (χ1n) is 7.43. The van der Waals surface area contributed by atoms with E-state index >= 15 is 0 Å². The molecule has 2 rings (SSSR count). The van der Waals surface area contributed by atoms with E-state index < -0.39 is 6.10 Å². The molecule has 2 aromatic carbocycles. The van der Waals surface area contributed by atoms with Crippen LogP contribution in [-0.4, -0.2) is 23.4 Å². The molecule has 0 aromatic heterocycles. The molecule has 21 heavy (non-hydrogen) atoms. The molecule has 112 valence electrons. The molecule has 0 aliphatic rings. The molecule has 0 amide bonds. The van der Waals surface area contributed by atoms with Gasteiger partial charge >= 0.3 is 0 Å². The van der Waals surface area contributed by atoms with Gasteiger partial charge < -0.3 is 15.1 Å². The van der Waals surface area contributed by atoms with Crippen molar-refractivity contribution in [1.29, 1.82) is 0 Å². The van der Waals surface area contributed by atoms with E-state index in [0.29, 0.717) is 13.0 Å². The molecule has 3 heteroatoms.